The molecule has 0 aliphatic rings. The van der Waals surface area contributed by atoms with Gasteiger partial charge in [-0.2, -0.15) is 4.31 Å². The second-order valence-corrected chi connectivity index (χ2v) is 7.46. The monoisotopic (exact) mass is 386 g/mol. The van der Waals surface area contributed by atoms with E-state index < -0.39 is 28.0 Å². The largest absolute Gasteiger partial charge is 0.480 e. The summed E-state index contributed by atoms with van der Waals surface area (Å²) in [7, 11) is -3.22. The molecule has 9 nitrogen and oxygen atoms in total. The second-order valence-electron chi connectivity index (χ2n) is 5.60. The van der Waals surface area contributed by atoms with Crippen LogP contribution in [0.15, 0.2) is 23.1 Å². The Balaban J connectivity index is 3.42. The zero-order valence-electron chi connectivity index (χ0n) is 15.0. The maximum Gasteiger partial charge on any atom is 0.339 e. The Hall–Kier alpha value is -2.46. The minimum absolute atomic E-state index is 0.0778. The Morgan fingerprint density at radius 1 is 1.31 bits per heavy atom. The summed E-state index contributed by atoms with van der Waals surface area (Å²) in [5, 5.41) is 11.7. The zero-order chi connectivity index (χ0) is 20.1. The lowest BCUT2D eigenvalue weighted by Crippen LogP contribution is -2.46. The van der Waals surface area contributed by atoms with Gasteiger partial charge in [-0.15, -0.1) is 0 Å². The summed E-state index contributed by atoms with van der Waals surface area (Å²) in [5.41, 5.74) is 0.454. The van der Waals surface area contributed by atoms with Gasteiger partial charge < -0.3 is 15.2 Å². The van der Waals surface area contributed by atoms with E-state index in [1.54, 1.807) is 6.92 Å². The number of carboxylic acid groups (broad SMARTS) is 1. The summed E-state index contributed by atoms with van der Waals surface area (Å²) in [6.07, 6.45) is 0. The molecule has 0 aliphatic heterocycles. The highest BCUT2D eigenvalue weighted by Gasteiger charge is 2.35. The van der Waals surface area contributed by atoms with Crippen LogP contribution < -0.4 is 5.32 Å². The predicted octanol–water partition coefficient (Wildman–Crippen LogP) is 0.382. The molecular formula is C16H22N2O7S. The number of hydrogen-bond donors (Lipinski definition) is 2. The summed E-state index contributed by atoms with van der Waals surface area (Å²) in [6, 6.07) is 2.68. The number of carbonyl (C=O) groups is 3. The van der Waals surface area contributed by atoms with Crippen molar-refractivity contribution >= 4 is 27.9 Å². The lowest BCUT2D eigenvalue weighted by atomic mass is 10.1. The molecule has 26 heavy (non-hydrogen) atoms. The number of hydrogen-bond acceptors (Lipinski definition) is 6. The molecule has 0 saturated heterocycles. The maximum absolute atomic E-state index is 13.0. The molecule has 0 aromatic heterocycles. The van der Waals surface area contributed by atoms with Crippen molar-refractivity contribution in [2.45, 2.75) is 31.7 Å². The van der Waals surface area contributed by atoms with E-state index in [9.17, 15) is 27.9 Å². The van der Waals surface area contributed by atoms with E-state index in [-0.39, 0.29) is 29.5 Å². The number of methoxy groups -OCH3 is 1. The van der Waals surface area contributed by atoms with Crippen LogP contribution in [0.1, 0.15) is 29.8 Å². The van der Waals surface area contributed by atoms with Gasteiger partial charge in [0.15, 0.2) is 0 Å². The molecule has 0 fully saturated rings. The number of ether oxygens (including phenoxy) is 1. The number of carboxylic acids is 1. The van der Waals surface area contributed by atoms with E-state index in [4.69, 9.17) is 0 Å². The van der Waals surface area contributed by atoms with E-state index in [1.165, 1.54) is 32.0 Å². The molecule has 0 spiro atoms. The smallest absolute Gasteiger partial charge is 0.339 e. The van der Waals surface area contributed by atoms with E-state index in [0.717, 1.165) is 11.4 Å². The number of aryl methyl sites for hydroxylation is 1. The summed E-state index contributed by atoms with van der Waals surface area (Å²) in [4.78, 5) is 34.0. The predicted molar refractivity (Wildman–Crippen MR) is 92.2 cm³/mol. The second kappa shape index (κ2) is 8.77. The van der Waals surface area contributed by atoms with Crippen LogP contribution in [0.3, 0.4) is 0 Å². The molecule has 1 aromatic rings. The van der Waals surface area contributed by atoms with E-state index in [0.29, 0.717) is 5.56 Å². The number of carbonyl (C=O) groups excluding carboxylic acids is 2. The highest BCUT2D eigenvalue weighted by molar-refractivity contribution is 7.89. The number of sulfonamides is 1. The maximum atomic E-state index is 13.0. The number of nitrogens with one attached hydrogen (secondary N) is 1. The van der Waals surface area contributed by atoms with Gasteiger partial charge in [0.2, 0.25) is 15.9 Å². The van der Waals surface area contributed by atoms with Crippen molar-refractivity contribution in [3.05, 3.63) is 29.3 Å². The molecule has 0 aliphatic carbocycles. The molecule has 0 heterocycles. The van der Waals surface area contributed by atoms with E-state index in [1.807, 2.05) is 0 Å². The highest BCUT2D eigenvalue weighted by Crippen LogP contribution is 2.24. The summed E-state index contributed by atoms with van der Waals surface area (Å²) in [6.45, 7) is 3.79. The van der Waals surface area contributed by atoms with Crippen molar-refractivity contribution in [1.82, 2.24) is 9.62 Å². The van der Waals surface area contributed by atoms with Crippen LogP contribution in [0, 0.1) is 6.92 Å². The molecule has 0 bridgehead atoms. The van der Waals surface area contributed by atoms with Crippen LogP contribution in [0.25, 0.3) is 0 Å². The lowest BCUT2D eigenvalue weighted by Gasteiger charge is -2.26. The van der Waals surface area contributed by atoms with Crippen molar-refractivity contribution in [2.24, 2.45) is 0 Å². The number of amides is 1. The number of rotatable bonds is 8. The van der Waals surface area contributed by atoms with Crippen LogP contribution in [-0.2, 0) is 24.3 Å². The van der Waals surface area contributed by atoms with Gasteiger partial charge in [-0.05, 0) is 26.0 Å². The molecule has 10 heteroatoms. The van der Waals surface area contributed by atoms with Gasteiger partial charge in [0, 0.05) is 20.0 Å². The van der Waals surface area contributed by atoms with Crippen LogP contribution in [-0.4, -0.2) is 61.9 Å². The quantitative estimate of drug-likeness (QED) is 0.618. The molecule has 144 valence electrons. The van der Waals surface area contributed by atoms with Gasteiger partial charge in [0.05, 0.1) is 17.6 Å². The van der Waals surface area contributed by atoms with Crippen molar-refractivity contribution in [1.29, 1.82) is 0 Å². The van der Waals surface area contributed by atoms with Gasteiger partial charge in [-0.3, -0.25) is 9.59 Å². The fourth-order valence-corrected chi connectivity index (χ4v) is 4.00. The van der Waals surface area contributed by atoms with Crippen LogP contribution >= 0.6 is 0 Å². The van der Waals surface area contributed by atoms with E-state index >= 15 is 0 Å². The fourth-order valence-electron chi connectivity index (χ4n) is 2.25. The van der Waals surface area contributed by atoms with Gasteiger partial charge in [-0.25, -0.2) is 13.2 Å². The molecule has 2 N–H and O–H groups in total. The van der Waals surface area contributed by atoms with Crippen LogP contribution in [0.2, 0.25) is 0 Å². The third-order valence-corrected chi connectivity index (χ3v) is 5.65. The average molecular weight is 386 g/mol. The Bertz CT molecular complexity index is 805. The number of nitrogens with zero attached hydrogens (tertiary/aromatic N) is 1. The fraction of sp³-hybridized carbons (Fsp3) is 0.438. The molecule has 0 radical (unpaired) electrons. The molecule has 1 unspecified atom stereocenters. The number of aliphatic carboxylic acids is 1. The topological polar surface area (TPSA) is 130 Å². The lowest BCUT2D eigenvalue weighted by molar-refractivity contribution is -0.140. The first-order valence-electron chi connectivity index (χ1n) is 7.70. The average Bonchev–Trinajstić information content (AvgIpc) is 2.56. The molecule has 1 atom stereocenters. The third kappa shape index (κ3) is 5.02. The standard InChI is InChI=1S/C16H22N2O7S/c1-10-5-6-14(13(9-10)16(22)25-4)26(23,24)18(11(2)15(20)21)8-7-17-12(3)19/h5-6,9,11H,7-8H2,1-4H3,(H,17,19)(H,20,21). The molecule has 1 aromatic carbocycles. The summed E-state index contributed by atoms with van der Waals surface area (Å²) >= 11 is 0. The first kappa shape index (κ1) is 21.6. The molecule has 0 saturated carbocycles. The Labute approximate surface area is 152 Å². The minimum Gasteiger partial charge on any atom is -0.480 e. The zero-order valence-corrected chi connectivity index (χ0v) is 15.8. The Morgan fingerprint density at radius 3 is 2.42 bits per heavy atom. The van der Waals surface area contributed by atoms with Crippen LogP contribution in [0.4, 0.5) is 0 Å². The molecule has 1 rings (SSSR count). The normalized spacial score (nSPS) is 12.5. The van der Waals surface area contributed by atoms with Crippen molar-refractivity contribution in [3.8, 4) is 0 Å². The molecular weight excluding hydrogens is 364 g/mol. The molecule has 1 amide bonds. The number of benzene rings is 1. The third-order valence-electron chi connectivity index (χ3n) is 3.62. The first-order chi connectivity index (χ1) is 12.0. The van der Waals surface area contributed by atoms with Crippen molar-refractivity contribution < 1.29 is 32.6 Å². The van der Waals surface area contributed by atoms with Gasteiger partial charge in [0.1, 0.15) is 6.04 Å². The van der Waals surface area contributed by atoms with Crippen molar-refractivity contribution in [2.75, 3.05) is 20.2 Å². The van der Waals surface area contributed by atoms with Crippen molar-refractivity contribution in [3.63, 3.8) is 0 Å². The van der Waals surface area contributed by atoms with Gasteiger partial charge in [-0.1, -0.05) is 11.6 Å². The van der Waals surface area contributed by atoms with E-state index in [2.05, 4.69) is 10.1 Å². The minimum atomic E-state index is -4.35. The van der Waals surface area contributed by atoms with Gasteiger partial charge >= 0.3 is 11.9 Å². The summed E-state index contributed by atoms with van der Waals surface area (Å²) < 4.78 is 31.5. The van der Waals surface area contributed by atoms with Crippen LogP contribution in [0.5, 0.6) is 0 Å². The first-order valence-corrected chi connectivity index (χ1v) is 9.14. The highest BCUT2D eigenvalue weighted by atomic mass is 32.2. The number of esters is 1. The Kier molecular flexibility index (Phi) is 7.28. The SMILES string of the molecule is COC(=O)c1cc(C)ccc1S(=O)(=O)N(CCNC(C)=O)C(C)C(=O)O. The summed E-state index contributed by atoms with van der Waals surface area (Å²) in [5.74, 6) is -2.59. The Morgan fingerprint density at radius 2 is 1.92 bits per heavy atom. The van der Waals surface area contributed by atoms with Gasteiger partial charge in [0.25, 0.3) is 0 Å².